The van der Waals surface area contributed by atoms with Gasteiger partial charge in [-0.15, -0.1) is 0 Å². The Labute approximate surface area is 190 Å². The number of nitrogens with one attached hydrogen (secondary N) is 2. The molecule has 2 aliphatic rings. The van der Waals surface area contributed by atoms with E-state index in [-0.39, 0.29) is 29.0 Å². The first-order valence-electron chi connectivity index (χ1n) is 10.6. The number of aryl methyl sites for hydroxylation is 2. The molecule has 1 unspecified atom stereocenters. The second-order valence-corrected chi connectivity index (χ2v) is 8.14. The van der Waals surface area contributed by atoms with Crippen molar-refractivity contribution in [3.05, 3.63) is 77.4 Å². The summed E-state index contributed by atoms with van der Waals surface area (Å²) in [5.74, 6) is -1.40. The molecule has 1 amide bonds. The summed E-state index contributed by atoms with van der Waals surface area (Å²) in [4.78, 5) is 24.3. The summed E-state index contributed by atoms with van der Waals surface area (Å²) < 4.78 is 0. The number of carboxylic acids is 1. The maximum atomic E-state index is 13.0. The summed E-state index contributed by atoms with van der Waals surface area (Å²) in [5, 5.41) is 25.8. The van der Waals surface area contributed by atoms with Gasteiger partial charge in [-0.05, 0) is 66.8 Å². The third kappa shape index (κ3) is 3.70. The van der Waals surface area contributed by atoms with Crippen LogP contribution in [0.4, 0.5) is 11.4 Å². The van der Waals surface area contributed by atoms with Crippen molar-refractivity contribution in [1.82, 2.24) is 5.43 Å². The van der Waals surface area contributed by atoms with Crippen molar-refractivity contribution in [1.29, 1.82) is 0 Å². The highest BCUT2D eigenvalue weighted by molar-refractivity contribution is 6.47. The number of hydrogen-bond acceptors (Lipinski definition) is 6. The number of amides is 1. The summed E-state index contributed by atoms with van der Waals surface area (Å²) in [7, 11) is 0. The maximum Gasteiger partial charge on any atom is 0.335 e. The van der Waals surface area contributed by atoms with E-state index in [0.717, 1.165) is 18.5 Å². The number of rotatable bonds is 5. The molecule has 33 heavy (non-hydrogen) atoms. The van der Waals surface area contributed by atoms with Gasteiger partial charge in [0.05, 0.1) is 23.0 Å². The Bertz CT molecular complexity index is 1320. The van der Waals surface area contributed by atoms with Gasteiger partial charge in [0, 0.05) is 5.56 Å². The van der Waals surface area contributed by atoms with E-state index in [0.29, 0.717) is 16.8 Å². The number of aromatic hydroxyl groups is 1. The standard InChI is InChI=1S/C25H22N4O4/c1-14-22(24(31)29(28-14)19-11-10-15-8-9-16(15)13-19)27-26-21-7-3-6-20(23(21)30)17-4-2-5-18(12-17)25(32)33/h2-7,10-14,26,28,30H,8-9H2,1H3,(H,32,33). The quantitative estimate of drug-likeness (QED) is 0.355. The van der Waals surface area contributed by atoms with Gasteiger partial charge in [-0.2, -0.15) is 5.10 Å². The van der Waals surface area contributed by atoms with Crippen LogP contribution in [0.3, 0.4) is 0 Å². The van der Waals surface area contributed by atoms with Crippen molar-refractivity contribution in [3.8, 4) is 16.9 Å². The van der Waals surface area contributed by atoms with Gasteiger partial charge >= 0.3 is 5.97 Å². The van der Waals surface area contributed by atoms with E-state index >= 15 is 0 Å². The first-order valence-corrected chi connectivity index (χ1v) is 10.6. The molecule has 0 aromatic heterocycles. The minimum Gasteiger partial charge on any atom is -0.505 e. The van der Waals surface area contributed by atoms with Crippen molar-refractivity contribution >= 4 is 29.0 Å². The summed E-state index contributed by atoms with van der Waals surface area (Å²) >= 11 is 0. The molecule has 166 valence electrons. The van der Waals surface area contributed by atoms with Crippen LogP contribution in [0.5, 0.6) is 5.75 Å². The fourth-order valence-corrected chi connectivity index (χ4v) is 4.08. The number of anilines is 2. The van der Waals surface area contributed by atoms with Crippen LogP contribution in [0.1, 0.15) is 28.4 Å². The summed E-state index contributed by atoms with van der Waals surface area (Å²) in [6.45, 7) is 1.84. The highest BCUT2D eigenvalue weighted by atomic mass is 16.4. The predicted octanol–water partition coefficient (Wildman–Crippen LogP) is 3.56. The summed E-state index contributed by atoms with van der Waals surface area (Å²) in [6.07, 6.45) is 2.10. The lowest BCUT2D eigenvalue weighted by Crippen LogP contribution is -2.36. The summed E-state index contributed by atoms with van der Waals surface area (Å²) in [6, 6.07) is 17.0. The van der Waals surface area contributed by atoms with Gasteiger partial charge in [-0.25, -0.2) is 15.2 Å². The van der Waals surface area contributed by atoms with Gasteiger partial charge in [0.15, 0.2) is 0 Å². The molecule has 8 heteroatoms. The van der Waals surface area contributed by atoms with E-state index in [2.05, 4.69) is 16.0 Å². The number of carboxylic acid groups (broad SMARTS) is 1. The van der Waals surface area contributed by atoms with E-state index in [1.54, 1.807) is 30.3 Å². The monoisotopic (exact) mass is 442 g/mol. The number of phenolic OH excluding ortho intramolecular Hbond substituents is 1. The SMILES string of the molecule is CC1NN(c2ccc3c(c2)CC3)C(=O)C1=NNc1cccc(-c2cccc(C(=O)O)c2)c1O. The fourth-order valence-electron chi connectivity index (χ4n) is 4.08. The molecule has 1 heterocycles. The Hall–Kier alpha value is -4.17. The molecular formula is C25H22N4O4. The lowest BCUT2D eigenvalue weighted by molar-refractivity contribution is -0.112. The van der Waals surface area contributed by atoms with Gasteiger partial charge in [-0.1, -0.05) is 30.3 Å². The minimum absolute atomic E-state index is 0.0883. The number of hydrazone groups is 1. The predicted molar refractivity (Wildman–Crippen MR) is 125 cm³/mol. The van der Waals surface area contributed by atoms with Crippen LogP contribution in [0, 0.1) is 0 Å². The molecule has 1 fully saturated rings. The number of hydrogen-bond donors (Lipinski definition) is 4. The van der Waals surface area contributed by atoms with Crippen molar-refractivity contribution in [2.75, 3.05) is 10.4 Å². The van der Waals surface area contributed by atoms with Crippen molar-refractivity contribution in [2.45, 2.75) is 25.8 Å². The van der Waals surface area contributed by atoms with Crippen LogP contribution in [0.25, 0.3) is 11.1 Å². The number of para-hydroxylation sites is 1. The fraction of sp³-hybridized carbons (Fsp3) is 0.160. The molecule has 3 aromatic rings. The van der Waals surface area contributed by atoms with Crippen LogP contribution < -0.4 is 15.9 Å². The highest BCUT2D eigenvalue weighted by Crippen LogP contribution is 2.36. The van der Waals surface area contributed by atoms with Gasteiger partial charge < -0.3 is 10.2 Å². The summed E-state index contributed by atoms with van der Waals surface area (Å²) in [5.41, 5.74) is 11.0. The topological polar surface area (TPSA) is 114 Å². The molecule has 0 bridgehead atoms. The average molecular weight is 442 g/mol. The molecule has 0 saturated carbocycles. The zero-order chi connectivity index (χ0) is 23.1. The van der Waals surface area contributed by atoms with Gasteiger partial charge in [0.1, 0.15) is 11.5 Å². The zero-order valence-corrected chi connectivity index (χ0v) is 17.9. The maximum absolute atomic E-state index is 13.0. The minimum atomic E-state index is -1.05. The lowest BCUT2D eigenvalue weighted by Gasteiger charge is -2.23. The Morgan fingerprint density at radius 1 is 1.09 bits per heavy atom. The molecular weight excluding hydrogens is 420 g/mol. The molecule has 1 aliphatic carbocycles. The Balaban J connectivity index is 1.39. The molecule has 0 radical (unpaired) electrons. The smallest absolute Gasteiger partial charge is 0.335 e. The van der Waals surface area contributed by atoms with Gasteiger partial charge in [-0.3, -0.25) is 10.2 Å². The number of aromatic carboxylic acids is 1. The van der Waals surface area contributed by atoms with E-state index in [1.165, 1.54) is 28.3 Å². The molecule has 5 rings (SSSR count). The number of carbonyl (C=O) groups excluding carboxylic acids is 1. The van der Waals surface area contributed by atoms with Crippen LogP contribution in [-0.2, 0) is 17.6 Å². The molecule has 4 N–H and O–H groups in total. The second-order valence-electron chi connectivity index (χ2n) is 8.14. The van der Waals surface area contributed by atoms with E-state index < -0.39 is 5.97 Å². The number of benzene rings is 3. The molecule has 1 atom stereocenters. The molecule has 1 saturated heterocycles. The number of hydrazine groups is 1. The average Bonchev–Trinajstić information content (AvgIpc) is 3.07. The van der Waals surface area contributed by atoms with Crippen LogP contribution in [0.2, 0.25) is 0 Å². The molecule has 8 nitrogen and oxygen atoms in total. The van der Waals surface area contributed by atoms with Crippen LogP contribution in [0.15, 0.2) is 65.8 Å². The van der Waals surface area contributed by atoms with Gasteiger partial charge in [0.2, 0.25) is 0 Å². The molecule has 3 aromatic carbocycles. The zero-order valence-electron chi connectivity index (χ0n) is 17.9. The van der Waals surface area contributed by atoms with Crippen molar-refractivity contribution < 1.29 is 19.8 Å². The van der Waals surface area contributed by atoms with E-state index in [1.807, 2.05) is 25.1 Å². The first kappa shape index (κ1) is 20.7. The van der Waals surface area contributed by atoms with Crippen LogP contribution in [-0.4, -0.2) is 33.8 Å². The molecule has 1 aliphatic heterocycles. The first-order chi connectivity index (χ1) is 15.9. The Morgan fingerprint density at radius 3 is 2.61 bits per heavy atom. The van der Waals surface area contributed by atoms with Crippen molar-refractivity contribution in [2.24, 2.45) is 5.10 Å². The highest BCUT2D eigenvalue weighted by Gasteiger charge is 2.35. The largest absolute Gasteiger partial charge is 0.505 e. The Morgan fingerprint density at radius 2 is 1.88 bits per heavy atom. The third-order valence-electron chi connectivity index (χ3n) is 6.02. The molecule has 0 spiro atoms. The number of nitrogens with zero attached hydrogens (tertiary/aromatic N) is 2. The number of fused-ring (bicyclic) bond motifs is 1. The van der Waals surface area contributed by atoms with E-state index in [4.69, 9.17) is 0 Å². The third-order valence-corrected chi connectivity index (χ3v) is 6.02. The second kappa shape index (κ2) is 8.07. The normalized spacial score (nSPS) is 18.2. The number of carbonyl (C=O) groups is 2. The van der Waals surface area contributed by atoms with E-state index in [9.17, 15) is 19.8 Å². The van der Waals surface area contributed by atoms with Gasteiger partial charge in [0.25, 0.3) is 5.91 Å². The number of phenols is 1. The Kier molecular flexibility index (Phi) is 5.07. The lowest BCUT2D eigenvalue weighted by atomic mass is 9.88. The van der Waals surface area contributed by atoms with Crippen LogP contribution >= 0.6 is 0 Å². The van der Waals surface area contributed by atoms with Crippen molar-refractivity contribution in [3.63, 3.8) is 0 Å².